The number of hydrogen-bond acceptors (Lipinski definition) is 3. The third-order valence-electron chi connectivity index (χ3n) is 1.98. The van der Waals surface area contributed by atoms with Gasteiger partial charge in [0.2, 0.25) is 0 Å². The van der Waals surface area contributed by atoms with Crippen LogP contribution in [-0.4, -0.2) is 8.42 Å². The Bertz CT molecular complexity index is 650. The van der Waals surface area contributed by atoms with Crippen LogP contribution in [0.4, 0.5) is 10.1 Å². The van der Waals surface area contributed by atoms with Crippen LogP contribution in [0.25, 0.3) is 0 Å². The number of nitrogens with one attached hydrogen (secondary N) is 1. The molecule has 0 saturated heterocycles. The second-order valence-corrected chi connectivity index (χ2v) is 7.99. The first-order chi connectivity index (χ1) is 8.38. The van der Waals surface area contributed by atoms with Crippen molar-refractivity contribution >= 4 is 54.6 Å². The highest BCUT2D eigenvalue weighted by Gasteiger charge is 2.19. The first-order valence-electron chi connectivity index (χ1n) is 4.62. The van der Waals surface area contributed by atoms with E-state index in [0.717, 1.165) is 11.3 Å². The topological polar surface area (TPSA) is 46.2 Å². The average molecular weight is 371 g/mol. The molecule has 0 unspecified atom stereocenters. The van der Waals surface area contributed by atoms with Crippen molar-refractivity contribution in [1.29, 1.82) is 0 Å². The molecule has 0 aliphatic carbocycles. The predicted octanol–water partition coefficient (Wildman–Crippen LogP) is 4.10. The van der Waals surface area contributed by atoms with Gasteiger partial charge in [-0.15, -0.1) is 11.3 Å². The van der Waals surface area contributed by atoms with E-state index >= 15 is 0 Å². The summed E-state index contributed by atoms with van der Waals surface area (Å²) in [6.07, 6.45) is 0. The molecule has 1 heterocycles. The van der Waals surface area contributed by atoms with E-state index in [-0.39, 0.29) is 9.90 Å². The molecule has 3 nitrogen and oxygen atoms in total. The number of thiophene rings is 1. The third kappa shape index (κ3) is 3.03. The SMILES string of the molecule is O=S(=O)(Nc1ccc(F)cc1)c1cc(Cl)c(Br)s1. The van der Waals surface area contributed by atoms with Crippen LogP contribution in [-0.2, 0) is 10.0 Å². The molecular weight excluding hydrogens is 365 g/mol. The van der Waals surface area contributed by atoms with Gasteiger partial charge < -0.3 is 0 Å². The molecule has 0 aliphatic heterocycles. The molecular formula is C10H6BrClFNO2S2. The summed E-state index contributed by atoms with van der Waals surface area (Å²) in [6, 6.07) is 6.39. The molecule has 96 valence electrons. The maximum atomic E-state index is 12.7. The zero-order valence-corrected chi connectivity index (χ0v) is 12.6. The van der Waals surface area contributed by atoms with Crippen LogP contribution in [0.2, 0.25) is 5.02 Å². The first kappa shape index (κ1) is 13.8. The van der Waals surface area contributed by atoms with Gasteiger partial charge in [-0.05, 0) is 46.3 Å². The number of sulfonamides is 1. The molecule has 2 aromatic rings. The first-order valence-corrected chi connectivity index (χ1v) is 8.09. The lowest BCUT2D eigenvalue weighted by molar-refractivity contribution is 0.603. The second-order valence-electron chi connectivity index (χ2n) is 3.30. The van der Waals surface area contributed by atoms with Crippen LogP contribution in [0.3, 0.4) is 0 Å². The Morgan fingerprint density at radius 1 is 1.28 bits per heavy atom. The number of hydrogen-bond donors (Lipinski definition) is 1. The van der Waals surface area contributed by atoms with E-state index in [2.05, 4.69) is 20.7 Å². The van der Waals surface area contributed by atoms with E-state index in [1.165, 1.54) is 30.3 Å². The molecule has 0 aliphatic rings. The molecule has 18 heavy (non-hydrogen) atoms. The molecule has 0 saturated carbocycles. The third-order valence-corrected chi connectivity index (χ3v) is 6.31. The lowest BCUT2D eigenvalue weighted by atomic mass is 10.3. The fraction of sp³-hybridized carbons (Fsp3) is 0. The van der Waals surface area contributed by atoms with Crippen LogP contribution in [0, 0.1) is 5.82 Å². The molecule has 0 bridgehead atoms. The number of anilines is 1. The maximum Gasteiger partial charge on any atom is 0.271 e. The Kier molecular flexibility index (Phi) is 3.96. The molecule has 0 fully saturated rings. The summed E-state index contributed by atoms with van der Waals surface area (Å²) in [6.45, 7) is 0. The molecule has 1 aromatic heterocycles. The molecule has 0 amide bonds. The second kappa shape index (κ2) is 5.16. The monoisotopic (exact) mass is 369 g/mol. The van der Waals surface area contributed by atoms with Gasteiger partial charge in [0, 0.05) is 5.69 Å². The normalized spacial score (nSPS) is 11.5. The highest BCUT2D eigenvalue weighted by Crippen LogP contribution is 2.35. The summed E-state index contributed by atoms with van der Waals surface area (Å²) in [7, 11) is -3.70. The van der Waals surface area contributed by atoms with E-state index in [1.54, 1.807) is 0 Å². The molecule has 1 N–H and O–H groups in total. The minimum atomic E-state index is -3.70. The fourth-order valence-corrected chi connectivity index (χ4v) is 4.64. The molecule has 0 atom stereocenters. The van der Waals surface area contributed by atoms with E-state index in [4.69, 9.17) is 11.6 Å². The molecule has 8 heteroatoms. The Balaban J connectivity index is 2.29. The van der Waals surface area contributed by atoms with E-state index in [0.29, 0.717) is 8.81 Å². The van der Waals surface area contributed by atoms with Crippen LogP contribution in [0.5, 0.6) is 0 Å². The van der Waals surface area contributed by atoms with Crippen molar-refractivity contribution in [2.24, 2.45) is 0 Å². The maximum absolute atomic E-state index is 12.7. The molecule has 0 radical (unpaired) electrons. The van der Waals surface area contributed by atoms with Crippen molar-refractivity contribution in [2.45, 2.75) is 4.21 Å². The van der Waals surface area contributed by atoms with Crippen LogP contribution in [0.1, 0.15) is 0 Å². The largest absolute Gasteiger partial charge is 0.279 e. The zero-order chi connectivity index (χ0) is 13.3. The molecule has 0 spiro atoms. The predicted molar refractivity (Wildman–Crippen MR) is 74.2 cm³/mol. The lowest BCUT2D eigenvalue weighted by Crippen LogP contribution is -2.11. The van der Waals surface area contributed by atoms with Gasteiger partial charge in [0.1, 0.15) is 10.0 Å². The average Bonchev–Trinajstić information content (AvgIpc) is 2.63. The molecule has 1 aromatic carbocycles. The van der Waals surface area contributed by atoms with Gasteiger partial charge in [0.15, 0.2) is 0 Å². The highest BCUT2D eigenvalue weighted by molar-refractivity contribution is 9.11. The van der Waals surface area contributed by atoms with Gasteiger partial charge in [-0.25, -0.2) is 12.8 Å². The van der Waals surface area contributed by atoms with Gasteiger partial charge in [0.25, 0.3) is 10.0 Å². The summed E-state index contributed by atoms with van der Waals surface area (Å²) in [4.78, 5) is 0. The van der Waals surface area contributed by atoms with Crippen molar-refractivity contribution < 1.29 is 12.8 Å². The summed E-state index contributed by atoms with van der Waals surface area (Å²) in [5, 5.41) is 0.333. The smallest absolute Gasteiger partial charge is 0.271 e. The lowest BCUT2D eigenvalue weighted by Gasteiger charge is -2.05. The van der Waals surface area contributed by atoms with E-state index < -0.39 is 15.8 Å². The van der Waals surface area contributed by atoms with Crippen molar-refractivity contribution in [2.75, 3.05) is 4.72 Å². The van der Waals surface area contributed by atoms with E-state index in [9.17, 15) is 12.8 Å². The Morgan fingerprint density at radius 2 is 1.89 bits per heavy atom. The summed E-state index contributed by atoms with van der Waals surface area (Å²) >= 11 is 9.93. The number of halogens is 3. The summed E-state index contributed by atoms with van der Waals surface area (Å²) < 4.78 is 39.6. The Labute approximate surface area is 121 Å². The Morgan fingerprint density at radius 3 is 2.39 bits per heavy atom. The van der Waals surface area contributed by atoms with Crippen LogP contribution >= 0.6 is 38.9 Å². The van der Waals surface area contributed by atoms with Gasteiger partial charge in [-0.3, -0.25) is 4.72 Å². The highest BCUT2D eigenvalue weighted by atomic mass is 79.9. The fourth-order valence-electron chi connectivity index (χ4n) is 1.18. The minimum Gasteiger partial charge on any atom is -0.279 e. The van der Waals surface area contributed by atoms with Crippen molar-refractivity contribution in [1.82, 2.24) is 0 Å². The standard InChI is InChI=1S/C10H6BrClFNO2S2/c11-10-8(12)5-9(17-10)18(15,16)14-7-3-1-6(13)2-4-7/h1-5,14H. The van der Waals surface area contributed by atoms with Crippen LogP contribution < -0.4 is 4.72 Å². The molecule has 2 rings (SSSR count). The van der Waals surface area contributed by atoms with E-state index in [1.807, 2.05) is 0 Å². The quantitative estimate of drug-likeness (QED) is 0.884. The van der Waals surface area contributed by atoms with Gasteiger partial charge >= 0.3 is 0 Å². The summed E-state index contributed by atoms with van der Waals surface area (Å²) in [5.41, 5.74) is 0.289. The summed E-state index contributed by atoms with van der Waals surface area (Å²) in [5.74, 6) is -0.431. The number of rotatable bonds is 3. The van der Waals surface area contributed by atoms with Crippen molar-refractivity contribution in [3.63, 3.8) is 0 Å². The van der Waals surface area contributed by atoms with Gasteiger partial charge in [-0.1, -0.05) is 11.6 Å². The van der Waals surface area contributed by atoms with Gasteiger partial charge in [-0.2, -0.15) is 0 Å². The van der Waals surface area contributed by atoms with Gasteiger partial charge in [0.05, 0.1) is 8.81 Å². The zero-order valence-electron chi connectivity index (χ0n) is 8.65. The van der Waals surface area contributed by atoms with Crippen molar-refractivity contribution in [3.05, 3.63) is 45.0 Å². The number of benzene rings is 1. The van der Waals surface area contributed by atoms with Crippen LogP contribution in [0.15, 0.2) is 38.3 Å². The van der Waals surface area contributed by atoms with Crippen molar-refractivity contribution in [3.8, 4) is 0 Å². The Hall–Kier alpha value is -0.630. The minimum absolute atomic E-state index is 0.0868.